The Morgan fingerprint density at radius 2 is 1.62 bits per heavy atom. The first-order valence-electron chi connectivity index (χ1n) is 10.2. The Kier molecular flexibility index (Phi) is 6.63. The zero-order valence-corrected chi connectivity index (χ0v) is 18.8. The van der Waals surface area contributed by atoms with E-state index in [9.17, 15) is 18.0 Å². The molecule has 0 aliphatic carbocycles. The fraction of sp³-hybridized carbons (Fsp3) is 0.227. The molecule has 3 aromatic rings. The Morgan fingerprint density at radius 3 is 2.31 bits per heavy atom. The van der Waals surface area contributed by atoms with E-state index in [2.05, 4.69) is 15.6 Å². The molecule has 2 aromatic carbocycles. The minimum absolute atomic E-state index is 0.112. The Hall–Kier alpha value is -3.08. The summed E-state index contributed by atoms with van der Waals surface area (Å²) >= 11 is 1.32. The maximum Gasteiger partial charge on any atom is 0.257 e. The molecule has 2 heterocycles. The number of amides is 2. The summed E-state index contributed by atoms with van der Waals surface area (Å²) in [5.41, 5.74) is 1.16. The number of nitrogens with zero attached hydrogens (tertiary/aromatic N) is 2. The number of piperidine rings is 1. The Bertz CT molecular complexity index is 1200. The van der Waals surface area contributed by atoms with Crippen LogP contribution in [0.2, 0.25) is 0 Å². The molecule has 0 saturated carbocycles. The van der Waals surface area contributed by atoms with Crippen LogP contribution in [0.3, 0.4) is 0 Å². The number of sulfonamides is 1. The Morgan fingerprint density at radius 1 is 0.906 bits per heavy atom. The summed E-state index contributed by atoms with van der Waals surface area (Å²) in [5, 5.41) is 7.70. The van der Waals surface area contributed by atoms with Crippen molar-refractivity contribution in [2.24, 2.45) is 0 Å². The van der Waals surface area contributed by atoms with Crippen LogP contribution >= 0.6 is 11.3 Å². The van der Waals surface area contributed by atoms with Crippen LogP contribution in [0.5, 0.6) is 0 Å². The first-order chi connectivity index (χ1) is 15.4. The van der Waals surface area contributed by atoms with Gasteiger partial charge in [0.1, 0.15) is 0 Å². The third kappa shape index (κ3) is 5.04. The van der Waals surface area contributed by atoms with Gasteiger partial charge in [0, 0.05) is 41.5 Å². The lowest BCUT2D eigenvalue weighted by Gasteiger charge is -2.26. The van der Waals surface area contributed by atoms with E-state index in [4.69, 9.17) is 0 Å². The Balaban J connectivity index is 1.44. The predicted molar refractivity (Wildman–Crippen MR) is 124 cm³/mol. The third-order valence-corrected chi connectivity index (χ3v) is 7.69. The molecule has 0 spiro atoms. The molecule has 1 aliphatic rings. The molecule has 1 aromatic heterocycles. The van der Waals surface area contributed by atoms with E-state index < -0.39 is 15.9 Å². The summed E-state index contributed by atoms with van der Waals surface area (Å²) in [4.78, 5) is 29.1. The highest BCUT2D eigenvalue weighted by Gasteiger charge is 2.26. The average Bonchev–Trinajstić information content (AvgIpc) is 3.33. The molecule has 0 unspecified atom stereocenters. The lowest BCUT2D eigenvalue weighted by atomic mass is 10.1. The van der Waals surface area contributed by atoms with Crippen molar-refractivity contribution >= 4 is 44.0 Å². The molecular weight excluding hydrogens is 448 g/mol. The number of hydrogen-bond acceptors (Lipinski definition) is 6. The summed E-state index contributed by atoms with van der Waals surface area (Å²) in [5.74, 6) is -0.728. The summed E-state index contributed by atoms with van der Waals surface area (Å²) in [6.45, 7) is 1.00. The molecule has 0 atom stereocenters. The minimum Gasteiger partial charge on any atom is -0.322 e. The monoisotopic (exact) mass is 470 g/mol. The molecule has 4 rings (SSSR count). The van der Waals surface area contributed by atoms with Gasteiger partial charge in [-0.15, -0.1) is 11.3 Å². The van der Waals surface area contributed by atoms with Gasteiger partial charge in [0.25, 0.3) is 11.8 Å². The molecule has 10 heteroatoms. The molecule has 2 N–H and O–H groups in total. The van der Waals surface area contributed by atoms with Crippen molar-refractivity contribution in [3.8, 4) is 0 Å². The van der Waals surface area contributed by atoms with Crippen molar-refractivity contribution in [3.05, 3.63) is 71.2 Å². The van der Waals surface area contributed by atoms with Crippen LogP contribution in [0.15, 0.2) is 65.0 Å². The number of carbonyl (C=O) groups excluding carboxylic acids is 2. The second-order valence-electron chi connectivity index (χ2n) is 7.32. The van der Waals surface area contributed by atoms with Gasteiger partial charge in [-0.25, -0.2) is 13.4 Å². The zero-order valence-electron chi connectivity index (χ0n) is 17.2. The van der Waals surface area contributed by atoms with Gasteiger partial charge in [0.2, 0.25) is 10.0 Å². The van der Waals surface area contributed by atoms with Crippen LogP contribution < -0.4 is 10.6 Å². The highest BCUT2D eigenvalue weighted by molar-refractivity contribution is 7.89. The van der Waals surface area contributed by atoms with Gasteiger partial charge in [-0.3, -0.25) is 14.9 Å². The van der Waals surface area contributed by atoms with Crippen LogP contribution in [0.4, 0.5) is 10.8 Å². The van der Waals surface area contributed by atoms with Crippen molar-refractivity contribution < 1.29 is 18.0 Å². The van der Waals surface area contributed by atoms with Gasteiger partial charge in [0.05, 0.1) is 4.90 Å². The van der Waals surface area contributed by atoms with Crippen LogP contribution in [-0.4, -0.2) is 42.6 Å². The highest BCUT2D eigenvalue weighted by Crippen LogP contribution is 2.22. The Labute approximate surface area is 190 Å². The predicted octanol–water partition coefficient (Wildman–Crippen LogP) is 3.82. The molecule has 0 bridgehead atoms. The van der Waals surface area contributed by atoms with Crippen LogP contribution in [0.1, 0.15) is 40.0 Å². The number of anilines is 2. The summed E-state index contributed by atoms with van der Waals surface area (Å²) in [6, 6.07) is 12.5. The molecule has 166 valence electrons. The van der Waals surface area contributed by atoms with E-state index in [0.717, 1.165) is 19.3 Å². The van der Waals surface area contributed by atoms with E-state index in [1.807, 2.05) is 0 Å². The highest BCUT2D eigenvalue weighted by atomic mass is 32.2. The molecule has 8 nitrogen and oxygen atoms in total. The molecule has 2 amide bonds. The van der Waals surface area contributed by atoms with E-state index >= 15 is 0 Å². The van der Waals surface area contributed by atoms with Gasteiger partial charge < -0.3 is 5.32 Å². The maximum atomic E-state index is 12.9. The van der Waals surface area contributed by atoms with Gasteiger partial charge in [-0.05, 0) is 55.3 Å². The maximum absolute atomic E-state index is 12.9. The van der Waals surface area contributed by atoms with Crippen LogP contribution in [0, 0.1) is 0 Å². The summed E-state index contributed by atoms with van der Waals surface area (Å²) in [7, 11) is -3.62. The second-order valence-corrected chi connectivity index (χ2v) is 10.1. The lowest BCUT2D eigenvalue weighted by molar-refractivity contribution is 0.101. The topological polar surface area (TPSA) is 108 Å². The van der Waals surface area contributed by atoms with Crippen molar-refractivity contribution in [1.29, 1.82) is 0 Å². The SMILES string of the molecule is O=C(Nc1ccc(C(=O)Nc2nccs2)cc1)c1cccc(S(=O)(=O)N2CCCCC2)c1. The van der Waals surface area contributed by atoms with Gasteiger partial charge >= 0.3 is 0 Å². The number of carbonyl (C=O) groups is 2. The third-order valence-electron chi connectivity index (χ3n) is 5.11. The first kappa shape index (κ1) is 22.1. The molecule has 1 aliphatic heterocycles. The molecule has 32 heavy (non-hydrogen) atoms. The zero-order chi connectivity index (χ0) is 22.6. The van der Waals surface area contributed by atoms with Gasteiger partial charge in [-0.1, -0.05) is 12.5 Å². The summed E-state index contributed by atoms with van der Waals surface area (Å²) in [6.07, 6.45) is 4.32. The number of thiazole rings is 1. The normalized spacial score (nSPS) is 14.6. The molecule has 1 saturated heterocycles. The first-order valence-corrected chi connectivity index (χ1v) is 12.5. The number of benzene rings is 2. The van der Waals surface area contributed by atoms with Crippen LogP contribution in [-0.2, 0) is 10.0 Å². The van der Waals surface area contributed by atoms with Gasteiger partial charge in [0.15, 0.2) is 5.13 Å². The fourth-order valence-electron chi connectivity index (χ4n) is 3.41. The van der Waals surface area contributed by atoms with E-state index in [-0.39, 0.29) is 16.4 Å². The van der Waals surface area contributed by atoms with E-state index in [1.54, 1.807) is 48.0 Å². The largest absolute Gasteiger partial charge is 0.322 e. The van der Waals surface area contributed by atoms with E-state index in [0.29, 0.717) is 29.5 Å². The number of aromatic nitrogens is 1. The van der Waals surface area contributed by atoms with Crippen molar-refractivity contribution in [2.75, 3.05) is 23.7 Å². The number of nitrogens with one attached hydrogen (secondary N) is 2. The molecule has 1 fully saturated rings. The quantitative estimate of drug-likeness (QED) is 0.569. The molecular formula is C22H22N4O4S2. The minimum atomic E-state index is -3.62. The molecule has 0 radical (unpaired) electrons. The van der Waals surface area contributed by atoms with Crippen molar-refractivity contribution in [3.63, 3.8) is 0 Å². The lowest BCUT2D eigenvalue weighted by Crippen LogP contribution is -2.35. The average molecular weight is 471 g/mol. The standard InChI is InChI=1S/C22H22N4O4S2/c27-20(25-22-23-11-14-31-22)16-7-9-18(10-8-16)24-21(28)17-5-4-6-19(15-17)32(29,30)26-12-2-1-3-13-26/h4-11,14-15H,1-3,12-13H2,(H,24,28)(H,23,25,27). The summed E-state index contributed by atoms with van der Waals surface area (Å²) < 4.78 is 27.3. The number of hydrogen-bond donors (Lipinski definition) is 2. The smallest absolute Gasteiger partial charge is 0.257 e. The number of rotatable bonds is 6. The second kappa shape index (κ2) is 9.60. The van der Waals surface area contributed by atoms with Crippen molar-refractivity contribution in [1.82, 2.24) is 9.29 Å². The fourth-order valence-corrected chi connectivity index (χ4v) is 5.50. The van der Waals surface area contributed by atoms with Crippen LogP contribution in [0.25, 0.3) is 0 Å². The van der Waals surface area contributed by atoms with E-state index in [1.165, 1.54) is 27.8 Å². The van der Waals surface area contributed by atoms with Crippen molar-refractivity contribution in [2.45, 2.75) is 24.2 Å². The van der Waals surface area contributed by atoms with Gasteiger partial charge in [-0.2, -0.15) is 4.31 Å².